The van der Waals surface area contributed by atoms with E-state index in [9.17, 15) is 0 Å². The van der Waals surface area contributed by atoms with Crippen molar-refractivity contribution in [1.82, 2.24) is 5.32 Å². The second-order valence-electron chi connectivity index (χ2n) is 6.28. The van der Waals surface area contributed by atoms with Crippen LogP contribution in [0.15, 0.2) is 0 Å². The molecule has 0 amide bonds. The Morgan fingerprint density at radius 3 is 2.33 bits per heavy atom. The summed E-state index contributed by atoms with van der Waals surface area (Å²) in [4.78, 5) is 0. The predicted molar refractivity (Wildman–Crippen MR) is 79.0 cm³/mol. The van der Waals surface area contributed by atoms with Crippen molar-refractivity contribution in [2.45, 2.75) is 84.8 Å². The molecule has 2 heteroatoms. The number of hydrogen-bond donors (Lipinski definition) is 1. The van der Waals surface area contributed by atoms with Crippen molar-refractivity contribution in [3.05, 3.63) is 0 Å². The van der Waals surface area contributed by atoms with Crippen molar-refractivity contribution in [2.75, 3.05) is 13.2 Å². The molecule has 0 aromatic heterocycles. The van der Waals surface area contributed by atoms with Crippen molar-refractivity contribution in [3.63, 3.8) is 0 Å². The maximum absolute atomic E-state index is 5.76. The Bertz CT molecular complexity index is 215. The van der Waals surface area contributed by atoms with Gasteiger partial charge in [0.15, 0.2) is 0 Å². The molecule has 0 radical (unpaired) electrons. The third-order valence-electron chi connectivity index (χ3n) is 4.47. The molecule has 1 aliphatic rings. The fourth-order valence-electron chi connectivity index (χ4n) is 2.90. The summed E-state index contributed by atoms with van der Waals surface area (Å²) in [5, 5.41) is 3.71. The van der Waals surface area contributed by atoms with Crippen LogP contribution in [0, 0.1) is 5.41 Å². The maximum Gasteiger partial charge on any atom is 0.0655 e. The van der Waals surface area contributed by atoms with E-state index >= 15 is 0 Å². The van der Waals surface area contributed by atoms with Gasteiger partial charge in [-0.15, -0.1) is 0 Å². The molecular formula is C16H33NO. The van der Waals surface area contributed by atoms with Crippen LogP contribution in [0.5, 0.6) is 0 Å². The molecule has 1 N–H and O–H groups in total. The van der Waals surface area contributed by atoms with E-state index in [1.807, 2.05) is 0 Å². The molecule has 18 heavy (non-hydrogen) atoms. The summed E-state index contributed by atoms with van der Waals surface area (Å²) >= 11 is 0. The summed E-state index contributed by atoms with van der Waals surface area (Å²) in [6.45, 7) is 11.0. The van der Waals surface area contributed by atoms with Crippen molar-refractivity contribution < 1.29 is 4.74 Å². The lowest BCUT2D eigenvalue weighted by atomic mass is 9.64. The Morgan fingerprint density at radius 2 is 1.72 bits per heavy atom. The quantitative estimate of drug-likeness (QED) is 0.592. The van der Waals surface area contributed by atoms with Crippen molar-refractivity contribution in [2.24, 2.45) is 5.41 Å². The second kappa shape index (κ2) is 8.16. The highest BCUT2D eigenvalue weighted by molar-refractivity contribution is 5.02. The molecule has 2 nitrogen and oxygen atoms in total. The third kappa shape index (κ3) is 4.55. The van der Waals surface area contributed by atoms with Crippen molar-refractivity contribution in [3.8, 4) is 0 Å². The highest BCUT2D eigenvalue weighted by Crippen LogP contribution is 2.42. The largest absolute Gasteiger partial charge is 0.378 e. The summed E-state index contributed by atoms with van der Waals surface area (Å²) in [5.41, 5.74) is 0.318. The van der Waals surface area contributed by atoms with Gasteiger partial charge in [-0.05, 0) is 26.3 Å². The Balaban J connectivity index is 2.00. The zero-order valence-electron chi connectivity index (χ0n) is 12.9. The van der Waals surface area contributed by atoms with E-state index in [1.165, 1.54) is 51.5 Å². The zero-order chi connectivity index (χ0) is 13.4. The number of unbranched alkanes of at least 4 members (excludes halogenated alkanes) is 5. The van der Waals surface area contributed by atoms with E-state index in [-0.39, 0.29) is 0 Å². The molecule has 0 aromatic carbocycles. The minimum absolute atomic E-state index is 0.318. The molecular weight excluding hydrogens is 222 g/mol. The van der Waals surface area contributed by atoms with Gasteiger partial charge in [-0.1, -0.05) is 52.9 Å². The van der Waals surface area contributed by atoms with Gasteiger partial charge in [0.05, 0.1) is 6.10 Å². The molecule has 0 aliphatic heterocycles. The fraction of sp³-hybridized carbons (Fsp3) is 1.00. The van der Waals surface area contributed by atoms with Gasteiger partial charge >= 0.3 is 0 Å². The fourth-order valence-corrected chi connectivity index (χ4v) is 2.90. The van der Waals surface area contributed by atoms with Crippen LogP contribution >= 0.6 is 0 Å². The first kappa shape index (κ1) is 16.0. The number of ether oxygens (including phenoxy) is 1. The number of nitrogens with one attached hydrogen (secondary N) is 1. The first-order chi connectivity index (χ1) is 8.62. The van der Waals surface area contributed by atoms with E-state index in [2.05, 4.69) is 33.0 Å². The highest BCUT2D eigenvalue weighted by atomic mass is 16.5. The van der Waals surface area contributed by atoms with Crippen LogP contribution in [0.1, 0.15) is 72.6 Å². The van der Waals surface area contributed by atoms with Crippen LogP contribution < -0.4 is 5.32 Å². The van der Waals surface area contributed by atoms with E-state index in [1.54, 1.807) is 0 Å². The normalized spacial score (nSPS) is 26.0. The average Bonchev–Trinajstić information content (AvgIpc) is 2.35. The van der Waals surface area contributed by atoms with Crippen LogP contribution in [0.25, 0.3) is 0 Å². The lowest BCUT2D eigenvalue weighted by Gasteiger charge is -2.52. The van der Waals surface area contributed by atoms with Gasteiger partial charge < -0.3 is 10.1 Å². The predicted octanol–water partition coefficient (Wildman–Crippen LogP) is 4.14. The monoisotopic (exact) mass is 255 g/mol. The molecule has 0 heterocycles. The average molecular weight is 255 g/mol. The van der Waals surface area contributed by atoms with Gasteiger partial charge in [-0.3, -0.25) is 0 Å². The summed E-state index contributed by atoms with van der Waals surface area (Å²) in [6.07, 6.45) is 9.93. The summed E-state index contributed by atoms with van der Waals surface area (Å²) in [6, 6.07) is 0.657. The van der Waals surface area contributed by atoms with Gasteiger partial charge in [0.1, 0.15) is 0 Å². The molecule has 108 valence electrons. The smallest absolute Gasteiger partial charge is 0.0655 e. The molecule has 2 atom stereocenters. The molecule has 1 aliphatic carbocycles. The highest BCUT2D eigenvalue weighted by Gasteiger charge is 2.48. The number of rotatable bonds is 10. The van der Waals surface area contributed by atoms with Gasteiger partial charge in [-0.2, -0.15) is 0 Å². The van der Waals surface area contributed by atoms with Gasteiger partial charge in [-0.25, -0.2) is 0 Å². The molecule has 0 aromatic rings. The van der Waals surface area contributed by atoms with Crippen LogP contribution in [0.4, 0.5) is 0 Å². The summed E-state index contributed by atoms with van der Waals surface area (Å²) < 4.78 is 5.76. The third-order valence-corrected chi connectivity index (χ3v) is 4.47. The number of hydrogen-bond acceptors (Lipinski definition) is 2. The molecule has 1 fully saturated rings. The molecule has 0 saturated heterocycles. The lowest BCUT2D eigenvalue weighted by Crippen LogP contribution is -2.61. The summed E-state index contributed by atoms with van der Waals surface area (Å²) in [5.74, 6) is 0. The Morgan fingerprint density at radius 1 is 1.06 bits per heavy atom. The SMILES string of the molecule is CCCCCCCCNC1CC(OCC)C1(C)C. The van der Waals surface area contributed by atoms with E-state index in [4.69, 9.17) is 4.74 Å². The topological polar surface area (TPSA) is 21.3 Å². The minimum Gasteiger partial charge on any atom is -0.378 e. The van der Waals surface area contributed by atoms with Crippen LogP contribution in [-0.2, 0) is 4.74 Å². The van der Waals surface area contributed by atoms with E-state index in [0.29, 0.717) is 17.6 Å². The zero-order valence-corrected chi connectivity index (χ0v) is 12.9. The molecule has 1 rings (SSSR count). The molecule has 1 saturated carbocycles. The summed E-state index contributed by atoms with van der Waals surface area (Å²) in [7, 11) is 0. The molecule has 0 bridgehead atoms. The van der Waals surface area contributed by atoms with Gasteiger partial charge in [0.25, 0.3) is 0 Å². The van der Waals surface area contributed by atoms with Crippen LogP contribution in [-0.4, -0.2) is 25.3 Å². The van der Waals surface area contributed by atoms with Crippen molar-refractivity contribution >= 4 is 0 Å². The van der Waals surface area contributed by atoms with Crippen LogP contribution in [0.3, 0.4) is 0 Å². The first-order valence-corrected chi connectivity index (χ1v) is 7.97. The Labute approximate surface area is 114 Å². The molecule has 2 unspecified atom stereocenters. The standard InChI is InChI=1S/C16H33NO/c1-5-7-8-9-10-11-12-17-14-13-15(18-6-2)16(14,3)4/h14-15,17H,5-13H2,1-4H3. The second-order valence-corrected chi connectivity index (χ2v) is 6.28. The maximum atomic E-state index is 5.76. The van der Waals surface area contributed by atoms with Gasteiger partial charge in [0.2, 0.25) is 0 Å². The van der Waals surface area contributed by atoms with E-state index < -0.39 is 0 Å². The first-order valence-electron chi connectivity index (χ1n) is 7.97. The van der Waals surface area contributed by atoms with E-state index in [0.717, 1.165) is 6.61 Å². The lowest BCUT2D eigenvalue weighted by molar-refractivity contribution is -0.113. The minimum atomic E-state index is 0.318. The molecule has 0 spiro atoms. The Kier molecular flexibility index (Phi) is 7.25. The van der Waals surface area contributed by atoms with Crippen molar-refractivity contribution in [1.29, 1.82) is 0 Å². The van der Waals surface area contributed by atoms with Crippen LogP contribution in [0.2, 0.25) is 0 Å². The Hall–Kier alpha value is -0.0800. The van der Waals surface area contributed by atoms with Gasteiger partial charge in [0, 0.05) is 18.1 Å².